The molecule has 0 radical (unpaired) electrons. The lowest BCUT2D eigenvalue weighted by molar-refractivity contribution is 1.24. The van der Waals surface area contributed by atoms with Gasteiger partial charge in [-0.1, -0.05) is 23.2 Å². The second-order valence-corrected chi connectivity index (χ2v) is 6.76. The molecule has 0 spiro atoms. The Labute approximate surface area is 135 Å². The highest BCUT2D eigenvalue weighted by Gasteiger charge is 2.12. The first kappa shape index (κ1) is 14.4. The number of thiophene rings is 1. The lowest BCUT2D eigenvalue weighted by Gasteiger charge is -2.11. The van der Waals surface area contributed by atoms with Crippen molar-refractivity contribution in [1.29, 1.82) is 0 Å². The van der Waals surface area contributed by atoms with Crippen LogP contribution < -0.4 is 11.1 Å². The molecule has 0 aliphatic heterocycles. The minimum Gasteiger partial charge on any atom is -0.368 e. The van der Waals surface area contributed by atoms with Crippen molar-refractivity contribution < 1.29 is 0 Å². The quantitative estimate of drug-likeness (QED) is 0.694. The summed E-state index contributed by atoms with van der Waals surface area (Å²) in [5.74, 6) is 0.852. The van der Waals surface area contributed by atoms with Gasteiger partial charge >= 0.3 is 0 Å². The molecule has 7 heteroatoms. The van der Waals surface area contributed by atoms with E-state index in [0.29, 0.717) is 21.6 Å². The zero-order valence-corrected chi connectivity index (χ0v) is 13.7. The molecule has 0 fully saturated rings. The van der Waals surface area contributed by atoms with Crippen LogP contribution >= 0.6 is 34.5 Å². The maximum Gasteiger partial charge on any atom is 0.223 e. The Morgan fingerprint density at radius 3 is 2.62 bits per heavy atom. The number of nitrogens with one attached hydrogen (secondary N) is 1. The lowest BCUT2D eigenvalue weighted by Crippen LogP contribution is -2.00. The molecule has 0 saturated heterocycles. The Morgan fingerprint density at radius 2 is 1.86 bits per heavy atom. The Kier molecular flexibility index (Phi) is 3.65. The highest BCUT2D eigenvalue weighted by Crippen LogP contribution is 2.34. The van der Waals surface area contributed by atoms with Crippen LogP contribution in [0.1, 0.15) is 10.4 Å². The van der Waals surface area contributed by atoms with Crippen molar-refractivity contribution in [3.8, 4) is 0 Å². The molecule has 0 bridgehead atoms. The molecule has 108 valence electrons. The highest BCUT2D eigenvalue weighted by molar-refractivity contribution is 7.18. The van der Waals surface area contributed by atoms with Gasteiger partial charge in [0.1, 0.15) is 10.6 Å². The number of benzene rings is 1. The first-order valence-electron chi connectivity index (χ1n) is 6.20. The molecular formula is C14H12Cl2N4S. The number of nitrogens with zero attached hydrogens (tertiary/aromatic N) is 2. The van der Waals surface area contributed by atoms with E-state index >= 15 is 0 Å². The van der Waals surface area contributed by atoms with Crippen molar-refractivity contribution >= 4 is 62.2 Å². The van der Waals surface area contributed by atoms with E-state index in [1.165, 1.54) is 0 Å². The van der Waals surface area contributed by atoms with E-state index in [0.717, 1.165) is 20.7 Å². The number of hydrogen-bond donors (Lipinski definition) is 2. The van der Waals surface area contributed by atoms with Crippen LogP contribution in [0.4, 0.5) is 17.5 Å². The van der Waals surface area contributed by atoms with Crippen LogP contribution in [0.25, 0.3) is 10.2 Å². The summed E-state index contributed by atoms with van der Waals surface area (Å²) in [6.07, 6.45) is 0. The van der Waals surface area contributed by atoms with Crippen molar-refractivity contribution in [3.63, 3.8) is 0 Å². The van der Waals surface area contributed by atoms with Crippen LogP contribution in [0.2, 0.25) is 10.0 Å². The van der Waals surface area contributed by atoms with Gasteiger partial charge in [0.25, 0.3) is 0 Å². The number of aromatic nitrogens is 2. The number of halogens is 2. The van der Waals surface area contributed by atoms with Gasteiger partial charge in [0, 0.05) is 9.90 Å². The molecule has 0 aliphatic rings. The number of hydrogen-bond acceptors (Lipinski definition) is 5. The summed E-state index contributed by atoms with van der Waals surface area (Å²) >= 11 is 14.0. The van der Waals surface area contributed by atoms with Crippen LogP contribution in [0.3, 0.4) is 0 Å². The summed E-state index contributed by atoms with van der Waals surface area (Å²) in [4.78, 5) is 10.5. The van der Waals surface area contributed by atoms with Crippen molar-refractivity contribution in [1.82, 2.24) is 9.97 Å². The van der Waals surface area contributed by atoms with E-state index in [1.807, 2.05) is 26.0 Å². The molecule has 2 heterocycles. The summed E-state index contributed by atoms with van der Waals surface area (Å²) in [6.45, 7) is 3.92. The SMILES string of the molecule is Cc1cc2c(Nc3cc(Cl)c(C)cc3Cl)nc(N)nc2s1. The minimum absolute atomic E-state index is 0.223. The van der Waals surface area contributed by atoms with Crippen LogP contribution in [-0.2, 0) is 0 Å². The fourth-order valence-electron chi connectivity index (χ4n) is 2.02. The fraction of sp³-hybridized carbons (Fsp3) is 0.143. The van der Waals surface area contributed by atoms with Crippen LogP contribution in [0.15, 0.2) is 18.2 Å². The van der Waals surface area contributed by atoms with E-state index in [9.17, 15) is 0 Å². The predicted molar refractivity (Wildman–Crippen MR) is 91.0 cm³/mol. The summed E-state index contributed by atoms with van der Waals surface area (Å²) in [5, 5.41) is 5.33. The number of nitrogen functional groups attached to an aromatic ring is 1. The van der Waals surface area contributed by atoms with Crippen molar-refractivity contribution in [2.75, 3.05) is 11.1 Å². The molecule has 4 nitrogen and oxygen atoms in total. The van der Waals surface area contributed by atoms with Crippen LogP contribution in [-0.4, -0.2) is 9.97 Å². The first-order valence-corrected chi connectivity index (χ1v) is 7.77. The average molecular weight is 339 g/mol. The monoisotopic (exact) mass is 338 g/mol. The van der Waals surface area contributed by atoms with E-state index in [4.69, 9.17) is 28.9 Å². The molecule has 3 rings (SSSR count). The predicted octanol–water partition coefficient (Wildman–Crippen LogP) is 4.94. The smallest absolute Gasteiger partial charge is 0.223 e. The number of nitrogens with two attached hydrogens (primary N) is 1. The lowest BCUT2D eigenvalue weighted by atomic mass is 10.2. The Balaban J connectivity index is 2.11. The Bertz CT molecular complexity index is 845. The maximum atomic E-state index is 6.25. The third kappa shape index (κ3) is 2.77. The van der Waals surface area contributed by atoms with Gasteiger partial charge in [-0.3, -0.25) is 0 Å². The fourth-order valence-corrected chi connectivity index (χ4v) is 3.34. The third-order valence-corrected chi connectivity index (χ3v) is 4.70. The number of aryl methyl sites for hydroxylation is 2. The van der Waals surface area contributed by atoms with E-state index < -0.39 is 0 Å². The van der Waals surface area contributed by atoms with Gasteiger partial charge in [0.15, 0.2) is 0 Å². The average Bonchev–Trinajstić information content (AvgIpc) is 2.76. The summed E-state index contributed by atoms with van der Waals surface area (Å²) in [7, 11) is 0. The van der Waals surface area contributed by atoms with Gasteiger partial charge in [0.05, 0.1) is 16.1 Å². The van der Waals surface area contributed by atoms with Crippen molar-refractivity contribution in [2.45, 2.75) is 13.8 Å². The standard InChI is InChI=1S/C14H12Cl2N4S/c1-6-3-10(16)11(5-9(6)15)18-12-8-4-7(2)21-13(8)20-14(17)19-12/h3-5H,1-2H3,(H3,17,18,19,20). The topological polar surface area (TPSA) is 63.8 Å². The molecule has 0 saturated carbocycles. The van der Waals surface area contributed by atoms with E-state index in [1.54, 1.807) is 17.4 Å². The van der Waals surface area contributed by atoms with Gasteiger partial charge in [-0.25, -0.2) is 4.98 Å². The minimum atomic E-state index is 0.223. The number of rotatable bonds is 2. The Hall–Kier alpha value is -1.56. The summed E-state index contributed by atoms with van der Waals surface area (Å²) < 4.78 is 0. The van der Waals surface area contributed by atoms with Gasteiger partial charge in [0.2, 0.25) is 5.95 Å². The van der Waals surface area contributed by atoms with Crippen molar-refractivity contribution in [3.05, 3.63) is 38.7 Å². The molecule has 21 heavy (non-hydrogen) atoms. The van der Waals surface area contributed by atoms with Crippen LogP contribution in [0.5, 0.6) is 0 Å². The molecule has 3 aromatic rings. The molecule has 2 aromatic heterocycles. The number of fused-ring (bicyclic) bond motifs is 1. The van der Waals surface area contributed by atoms with E-state index in [2.05, 4.69) is 15.3 Å². The van der Waals surface area contributed by atoms with Gasteiger partial charge < -0.3 is 11.1 Å². The Morgan fingerprint density at radius 1 is 1.10 bits per heavy atom. The molecule has 0 atom stereocenters. The molecule has 3 N–H and O–H groups in total. The van der Waals surface area contributed by atoms with Gasteiger partial charge in [-0.15, -0.1) is 11.3 Å². The second kappa shape index (κ2) is 5.33. The zero-order valence-electron chi connectivity index (χ0n) is 11.4. The largest absolute Gasteiger partial charge is 0.368 e. The maximum absolute atomic E-state index is 6.25. The second-order valence-electron chi connectivity index (χ2n) is 4.71. The molecule has 0 unspecified atom stereocenters. The summed E-state index contributed by atoms with van der Waals surface area (Å²) in [6, 6.07) is 5.61. The van der Waals surface area contributed by atoms with E-state index in [-0.39, 0.29) is 5.95 Å². The molecule has 0 aliphatic carbocycles. The molecule has 1 aromatic carbocycles. The van der Waals surface area contributed by atoms with Gasteiger partial charge in [-0.2, -0.15) is 4.98 Å². The summed E-state index contributed by atoms with van der Waals surface area (Å²) in [5.41, 5.74) is 7.38. The normalized spacial score (nSPS) is 11.0. The zero-order chi connectivity index (χ0) is 15.1. The van der Waals surface area contributed by atoms with Gasteiger partial charge in [-0.05, 0) is 37.6 Å². The van der Waals surface area contributed by atoms with Crippen molar-refractivity contribution in [2.24, 2.45) is 0 Å². The first-order chi connectivity index (χ1) is 9.94. The third-order valence-electron chi connectivity index (χ3n) is 3.03. The highest BCUT2D eigenvalue weighted by atomic mass is 35.5. The number of anilines is 3. The molecular weight excluding hydrogens is 327 g/mol. The van der Waals surface area contributed by atoms with Crippen LogP contribution in [0, 0.1) is 13.8 Å². The molecule has 0 amide bonds.